The Morgan fingerprint density at radius 2 is 1.73 bits per heavy atom. The molecule has 3 aromatic carbocycles. The number of carbonyl (C=O) groups is 2. The van der Waals surface area contributed by atoms with Crippen molar-refractivity contribution in [2.45, 2.75) is 76.3 Å². The van der Waals surface area contributed by atoms with Crippen molar-refractivity contribution in [1.29, 1.82) is 0 Å². The normalized spacial score (nSPS) is 18.9. The molecule has 1 heterocycles. The summed E-state index contributed by atoms with van der Waals surface area (Å²) < 4.78 is 16.8. The molecule has 0 saturated carbocycles. The van der Waals surface area contributed by atoms with Gasteiger partial charge in [-0.15, -0.1) is 0 Å². The van der Waals surface area contributed by atoms with Gasteiger partial charge in [0, 0.05) is 39.0 Å². The minimum absolute atomic E-state index is 0.0260. The van der Waals surface area contributed by atoms with Crippen LogP contribution < -0.4 is 10.1 Å². The number of amides is 2. The fourth-order valence-corrected chi connectivity index (χ4v) is 6.62. The Morgan fingerprint density at radius 3 is 2.45 bits per heavy atom. The maximum Gasteiger partial charge on any atom is 0.407 e. The number of morpholine rings is 1. The molecule has 1 fully saturated rings. The molecule has 1 saturated heterocycles. The molecule has 0 spiro atoms. The molecule has 51 heavy (non-hydrogen) atoms. The molecule has 0 radical (unpaired) electrons. The number of rotatable bonds is 15. The highest BCUT2D eigenvalue weighted by Crippen LogP contribution is 2.36. The van der Waals surface area contributed by atoms with E-state index < -0.39 is 36.0 Å². The molecule has 0 aromatic heterocycles. The van der Waals surface area contributed by atoms with Crippen LogP contribution in [-0.4, -0.2) is 102 Å². The van der Waals surface area contributed by atoms with Crippen LogP contribution in [0.25, 0.3) is 6.08 Å². The van der Waals surface area contributed by atoms with Gasteiger partial charge in [0.2, 0.25) is 5.91 Å². The van der Waals surface area contributed by atoms with Gasteiger partial charge < -0.3 is 34.6 Å². The quantitative estimate of drug-likeness (QED) is 0.199. The molecule has 10 nitrogen and oxygen atoms in total. The van der Waals surface area contributed by atoms with Crippen LogP contribution in [0, 0.1) is 0 Å². The number of alkyl carbamates (subject to hydrolysis) is 1. The van der Waals surface area contributed by atoms with Gasteiger partial charge >= 0.3 is 6.09 Å². The number of aliphatic hydroxyl groups excluding tert-OH is 2. The van der Waals surface area contributed by atoms with Crippen molar-refractivity contribution in [3.63, 3.8) is 0 Å². The number of benzene rings is 3. The largest absolute Gasteiger partial charge is 0.492 e. The van der Waals surface area contributed by atoms with Gasteiger partial charge in [0.05, 0.1) is 37.5 Å². The molecule has 1 aliphatic heterocycles. The highest BCUT2D eigenvalue weighted by Gasteiger charge is 2.37. The standard InChI is InChI=1S/C41H53N3O7/c1-41(2,3)51-40(48)42-35(28-31-10-5-4-6-11-31)36(45)19-20-38(47)44(39-34-14-8-7-13-32(34)29-37(39)46)21-9-12-30-15-17-33(18-16-30)50-27-24-43-22-25-49-26-23-43/h4-18,35-37,39,45-46H,19-29H2,1-3H3,(H,42,48)/t35-,36-,37+,39-/m0/s1. The highest BCUT2D eigenvalue weighted by molar-refractivity contribution is 5.77. The summed E-state index contributed by atoms with van der Waals surface area (Å²) >= 11 is 0. The van der Waals surface area contributed by atoms with Crippen LogP contribution in [0.1, 0.15) is 61.9 Å². The molecule has 5 rings (SSSR count). The van der Waals surface area contributed by atoms with E-state index in [2.05, 4.69) is 10.2 Å². The Balaban J connectivity index is 1.24. The van der Waals surface area contributed by atoms with Crippen LogP contribution in [0.5, 0.6) is 5.75 Å². The lowest BCUT2D eigenvalue weighted by atomic mass is 9.97. The SMILES string of the molecule is CC(C)(C)OC(=O)N[C@@H](Cc1ccccc1)[C@@H](O)CCC(=O)N(CC=Cc1ccc(OCCN2CCOCC2)cc1)[C@H]1c2ccccc2C[C@H]1O. The Morgan fingerprint density at radius 1 is 1.02 bits per heavy atom. The molecule has 4 atom stereocenters. The van der Waals surface area contributed by atoms with Gasteiger partial charge in [-0.25, -0.2) is 4.79 Å². The number of nitrogens with one attached hydrogen (secondary N) is 1. The molecule has 274 valence electrons. The molecule has 0 unspecified atom stereocenters. The predicted octanol–water partition coefficient (Wildman–Crippen LogP) is 5.17. The van der Waals surface area contributed by atoms with E-state index in [1.54, 1.807) is 25.7 Å². The second-order valence-corrected chi connectivity index (χ2v) is 14.3. The van der Waals surface area contributed by atoms with Gasteiger partial charge in [0.1, 0.15) is 18.0 Å². The van der Waals surface area contributed by atoms with Crippen LogP contribution in [-0.2, 0) is 27.1 Å². The summed E-state index contributed by atoms with van der Waals surface area (Å²) in [5.74, 6) is 0.604. The zero-order valence-corrected chi connectivity index (χ0v) is 30.1. The minimum atomic E-state index is -1.02. The van der Waals surface area contributed by atoms with Gasteiger partial charge in [0.25, 0.3) is 0 Å². The van der Waals surface area contributed by atoms with Crippen molar-refractivity contribution in [1.82, 2.24) is 15.1 Å². The van der Waals surface area contributed by atoms with E-state index >= 15 is 0 Å². The molecule has 0 bridgehead atoms. The fourth-order valence-electron chi connectivity index (χ4n) is 6.62. The molecular weight excluding hydrogens is 646 g/mol. The first-order valence-electron chi connectivity index (χ1n) is 18.0. The van der Waals surface area contributed by atoms with E-state index in [-0.39, 0.29) is 25.3 Å². The second kappa shape index (κ2) is 18.3. The molecule has 3 N–H and O–H groups in total. The average Bonchev–Trinajstić information content (AvgIpc) is 3.44. The number of fused-ring (bicyclic) bond motifs is 1. The number of carbonyl (C=O) groups excluding carboxylic acids is 2. The van der Waals surface area contributed by atoms with Gasteiger partial charge in [-0.05, 0) is 68.0 Å². The number of aliphatic hydroxyl groups is 2. The van der Waals surface area contributed by atoms with Gasteiger partial charge in [-0.3, -0.25) is 9.69 Å². The van der Waals surface area contributed by atoms with Crippen LogP contribution in [0.2, 0.25) is 0 Å². The number of ether oxygens (including phenoxy) is 3. The third-order valence-corrected chi connectivity index (χ3v) is 9.21. The Bertz CT molecular complexity index is 1570. The first-order chi connectivity index (χ1) is 24.6. The van der Waals surface area contributed by atoms with Gasteiger partial charge in [-0.1, -0.05) is 78.9 Å². The molecule has 1 aliphatic carbocycles. The average molecular weight is 700 g/mol. The van der Waals surface area contributed by atoms with Crippen molar-refractivity contribution in [3.8, 4) is 5.75 Å². The van der Waals surface area contributed by atoms with Crippen LogP contribution in [0.15, 0.2) is 84.9 Å². The zero-order chi connectivity index (χ0) is 36.2. The highest BCUT2D eigenvalue weighted by atomic mass is 16.6. The Kier molecular flexibility index (Phi) is 13.7. The maximum atomic E-state index is 14.0. The van der Waals surface area contributed by atoms with E-state index in [1.807, 2.05) is 91.0 Å². The van der Waals surface area contributed by atoms with Crippen LogP contribution in [0.3, 0.4) is 0 Å². The van der Waals surface area contributed by atoms with Crippen molar-refractivity contribution >= 4 is 18.1 Å². The number of hydrogen-bond acceptors (Lipinski definition) is 8. The van der Waals surface area contributed by atoms with Crippen LogP contribution in [0.4, 0.5) is 4.79 Å². The lowest BCUT2D eigenvalue weighted by Gasteiger charge is -2.32. The molecule has 2 amide bonds. The summed E-state index contributed by atoms with van der Waals surface area (Å²) in [5, 5.41) is 25.4. The van der Waals surface area contributed by atoms with Crippen molar-refractivity contribution in [3.05, 3.63) is 107 Å². The van der Waals surface area contributed by atoms with E-state index in [0.29, 0.717) is 19.4 Å². The van der Waals surface area contributed by atoms with Gasteiger partial charge in [-0.2, -0.15) is 0 Å². The predicted molar refractivity (Wildman–Crippen MR) is 197 cm³/mol. The zero-order valence-electron chi connectivity index (χ0n) is 30.1. The second-order valence-electron chi connectivity index (χ2n) is 14.3. The fraction of sp³-hybridized carbons (Fsp3) is 0.463. The Labute approximate surface area is 302 Å². The summed E-state index contributed by atoms with van der Waals surface area (Å²) in [6.07, 6.45) is 2.46. The first kappa shape index (κ1) is 38.0. The summed E-state index contributed by atoms with van der Waals surface area (Å²) in [6.45, 7) is 10.5. The molecule has 3 aromatic rings. The smallest absolute Gasteiger partial charge is 0.407 e. The topological polar surface area (TPSA) is 121 Å². The molecular formula is C41H53N3O7. The van der Waals surface area contributed by atoms with E-state index in [1.165, 1.54) is 0 Å². The summed E-state index contributed by atoms with van der Waals surface area (Å²) in [4.78, 5) is 30.8. The van der Waals surface area contributed by atoms with E-state index in [0.717, 1.165) is 60.9 Å². The van der Waals surface area contributed by atoms with Crippen molar-refractivity contribution < 1.29 is 34.0 Å². The third kappa shape index (κ3) is 11.7. The Hall–Kier alpha value is -4.22. The van der Waals surface area contributed by atoms with Crippen LogP contribution >= 0.6 is 0 Å². The van der Waals surface area contributed by atoms with E-state index in [9.17, 15) is 19.8 Å². The monoisotopic (exact) mass is 699 g/mol. The molecule has 2 aliphatic rings. The summed E-state index contributed by atoms with van der Waals surface area (Å²) in [6, 6.07) is 24.1. The van der Waals surface area contributed by atoms with E-state index in [4.69, 9.17) is 14.2 Å². The lowest BCUT2D eigenvalue weighted by molar-refractivity contribution is -0.136. The van der Waals surface area contributed by atoms with Gasteiger partial charge in [0.15, 0.2) is 0 Å². The number of nitrogens with zero attached hydrogens (tertiary/aromatic N) is 2. The first-order valence-corrected chi connectivity index (χ1v) is 18.0. The molecule has 10 heteroatoms. The third-order valence-electron chi connectivity index (χ3n) is 9.21. The van der Waals surface area contributed by atoms with Crippen molar-refractivity contribution in [2.75, 3.05) is 46.0 Å². The van der Waals surface area contributed by atoms with Crippen molar-refractivity contribution in [2.24, 2.45) is 0 Å². The lowest BCUT2D eigenvalue weighted by Crippen LogP contribution is -2.47. The maximum absolute atomic E-state index is 14.0. The number of hydrogen-bond donors (Lipinski definition) is 3. The summed E-state index contributed by atoms with van der Waals surface area (Å²) in [5.41, 5.74) is 3.15. The minimum Gasteiger partial charge on any atom is -0.492 e. The summed E-state index contributed by atoms with van der Waals surface area (Å²) in [7, 11) is 0.